The van der Waals surface area contributed by atoms with Gasteiger partial charge in [0.05, 0.1) is 6.54 Å². The summed E-state index contributed by atoms with van der Waals surface area (Å²) in [5, 5.41) is 3.21. The molecular weight excluding hydrogens is 266 g/mol. The summed E-state index contributed by atoms with van der Waals surface area (Å²) in [5.74, 6) is -0.179. The molecule has 5 heteroatoms. The second-order valence-electron chi connectivity index (χ2n) is 5.82. The summed E-state index contributed by atoms with van der Waals surface area (Å²) in [4.78, 5) is 25.5. The smallest absolute Gasteiger partial charge is 0.254 e. The average Bonchev–Trinajstić information content (AvgIpc) is 2.98. The number of amides is 2. The fraction of sp³-hybridized carbons (Fsp3) is 0.500. The lowest BCUT2D eigenvalue weighted by atomic mass is 10.0. The number of nitrogens with zero attached hydrogens (tertiary/aromatic N) is 1. The monoisotopic (exact) mass is 289 g/mol. The number of benzene rings is 1. The first-order valence-electron chi connectivity index (χ1n) is 7.39. The van der Waals surface area contributed by atoms with E-state index in [1.54, 1.807) is 4.90 Å². The van der Waals surface area contributed by atoms with Gasteiger partial charge in [-0.25, -0.2) is 0 Å². The summed E-state index contributed by atoms with van der Waals surface area (Å²) in [6.45, 7) is 5.76. The highest BCUT2D eigenvalue weighted by molar-refractivity contribution is 5.96. The molecule has 0 spiro atoms. The van der Waals surface area contributed by atoms with Gasteiger partial charge in [0.15, 0.2) is 0 Å². The zero-order valence-corrected chi connectivity index (χ0v) is 12.6. The number of carbonyl (C=O) groups is 2. The van der Waals surface area contributed by atoms with Crippen LogP contribution in [0.25, 0.3) is 0 Å². The van der Waals surface area contributed by atoms with Crippen LogP contribution in [-0.4, -0.2) is 42.4 Å². The summed E-state index contributed by atoms with van der Waals surface area (Å²) in [5.41, 5.74) is 7.08. The second-order valence-corrected chi connectivity index (χ2v) is 5.82. The minimum Gasteiger partial charge on any atom is -0.368 e. The van der Waals surface area contributed by atoms with Crippen molar-refractivity contribution < 1.29 is 9.59 Å². The topological polar surface area (TPSA) is 75.4 Å². The molecule has 1 aromatic rings. The maximum atomic E-state index is 12.6. The molecule has 1 aliphatic rings. The van der Waals surface area contributed by atoms with E-state index in [2.05, 4.69) is 19.2 Å². The second kappa shape index (κ2) is 6.72. The van der Waals surface area contributed by atoms with E-state index in [-0.39, 0.29) is 18.5 Å². The molecule has 21 heavy (non-hydrogen) atoms. The molecule has 0 aromatic heterocycles. The molecule has 114 valence electrons. The minimum absolute atomic E-state index is 0.0306. The minimum atomic E-state index is -0.478. The van der Waals surface area contributed by atoms with Crippen LogP contribution in [0.4, 0.5) is 0 Å². The van der Waals surface area contributed by atoms with E-state index < -0.39 is 5.91 Å². The molecule has 1 saturated heterocycles. The third kappa shape index (κ3) is 3.82. The van der Waals surface area contributed by atoms with Crippen LogP contribution in [0.15, 0.2) is 24.3 Å². The lowest BCUT2D eigenvalue weighted by Gasteiger charge is -2.27. The van der Waals surface area contributed by atoms with E-state index >= 15 is 0 Å². The van der Waals surface area contributed by atoms with Gasteiger partial charge in [0.25, 0.3) is 5.91 Å². The Morgan fingerprint density at radius 3 is 2.48 bits per heavy atom. The number of carbonyl (C=O) groups excluding carboxylic acids is 2. The van der Waals surface area contributed by atoms with Gasteiger partial charge in [0, 0.05) is 18.2 Å². The molecule has 1 fully saturated rings. The summed E-state index contributed by atoms with van der Waals surface area (Å²) in [6, 6.07) is 7.62. The molecule has 1 heterocycles. The van der Waals surface area contributed by atoms with Crippen molar-refractivity contribution in [1.82, 2.24) is 10.2 Å². The average molecular weight is 289 g/mol. The van der Waals surface area contributed by atoms with E-state index in [0.717, 1.165) is 13.0 Å². The van der Waals surface area contributed by atoms with Crippen LogP contribution in [0.1, 0.15) is 42.1 Å². The van der Waals surface area contributed by atoms with E-state index in [4.69, 9.17) is 5.73 Å². The first kappa shape index (κ1) is 15.5. The Morgan fingerprint density at radius 2 is 2.00 bits per heavy atom. The zero-order chi connectivity index (χ0) is 15.4. The van der Waals surface area contributed by atoms with Crippen molar-refractivity contribution in [3.05, 3.63) is 35.4 Å². The predicted octanol–water partition coefficient (Wildman–Crippen LogP) is 1.10. The lowest BCUT2D eigenvalue weighted by Crippen LogP contribution is -2.46. The van der Waals surface area contributed by atoms with Gasteiger partial charge in [0.2, 0.25) is 5.91 Å². The van der Waals surface area contributed by atoms with Gasteiger partial charge in [-0.1, -0.05) is 26.0 Å². The Morgan fingerprint density at radius 1 is 1.33 bits per heavy atom. The van der Waals surface area contributed by atoms with Crippen molar-refractivity contribution in [2.45, 2.75) is 32.2 Å². The molecule has 3 N–H and O–H groups in total. The Balaban J connectivity index is 2.18. The van der Waals surface area contributed by atoms with Crippen molar-refractivity contribution >= 4 is 11.8 Å². The number of hydrogen-bond acceptors (Lipinski definition) is 3. The van der Waals surface area contributed by atoms with Crippen molar-refractivity contribution in [2.24, 2.45) is 5.73 Å². The third-order valence-electron chi connectivity index (χ3n) is 3.89. The molecular formula is C16H23N3O2. The maximum Gasteiger partial charge on any atom is 0.254 e. The van der Waals surface area contributed by atoms with Crippen molar-refractivity contribution in [3.8, 4) is 0 Å². The number of rotatable bonds is 5. The summed E-state index contributed by atoms with van der Waals surface area (Å²) in [7, 11) is 0. The number of hydrogen-bond donors (Lipinski definition) is 2. The van der Waals surface area contributed by atoms with Gasteiger partial charge < -0.3 is 16.0 Å². The number of nitrogens with one attached hydrogen (secondary N) is 1. The molecule has 1 atom stereocenters. The van der Waals surface area contributed by atoms with E-state index in [9.17, 15) is 9.59 Å². The van der Waals surface area contributed by atoms with Crippen molar-refractivity contribution in [1.29, 1.82) is 0 Å². The van der Waals surface area contributed by atoms with E-state index in [0.29, 0.717) is 18.0 Å². The van der Waals surface area contributed by atoms with Gasteiger partial charge in [-0.3, -0.25) is 9.59 Å². The lowest BCUT2D eigenvalue weighted by molar-refractivity contribution is -0.119. The van der Waals surface area contributed by atoms with Crippen LogP contribution in [0, 0.1) is 0 Å². The Bertz CT molecular complexity index is 505. The van der Waals surface area contributed by atoms with Gasteiger partial charge in [-0.05, 0) is 36.6 Å². The molecule has 2 rings (SSSR count). The predicted molar refractivity (Wildman–Crippen MR) is 82.0 cm³/mol. The Kier molecular flexibility index (Phi) is 4.96. The SMILES string of the molecule is CC(C)c1ccc(C(=O)N(CC(N)=O)C2CCNC2)cc1. The summed E-state index contributed by atoms with van der Waals surface area (Å²) < 4.78 is 0. The molecule has 0 bridgehead atoms. The highest BCUT2D eigenvalue weighted by atomic mass is 16.2. The Hall–Kier alpha value is -1.88. The molecule has 1 aliphatic heterocycles. The normalized spacial score (nSPS) is 18.0. The third-order valence-corrected chi connectivity index (χ3v) is 3.89. The molecule has 5 nitrogen and oxygen atoms in total. The van der Waals surface area contributed by atoms with Crippen LogP contribution in [0.3, 0.4) is 0 Å². The largest absolute Gasteiger partial charge is 0.368 e. The van der Waals surface area contributed by atoms with Crippen LogP contribution < -0.4 is 11.1 Å². The van der Waals surface area contributed by atoms with Crippen LogP contribution in [-0.2, 0) is 4.79 Å². The van der Waals surface area contributed by atoms with E-state index in [1.807, 2.05) is 24.3 Å². The fourth-order valence-electron chi connectivity index (χ4n) is 2.62. The molecule has 0 radical (unpaired) electrons. The van der Waals surface area contributed by atoms with Crippen LogP contribution in [0.2, 0.25) is 0 Å². The molecule has 0 saturated carbocycles. The van der Waals surface area contributed by atoms with Crippen molar-refractivity contribution in [2.75, 3.05) is 19.6 Å². The van der Waals surface area contributed by atoms with E-state index in [1.165, 1.54) is 5.56 Å². The maximum absolute atomic E-state index is 12.6. The number of nitrogens with two attached hydrogens (primary N) is 1. The van der Waals surface area contributed by atoms with Gasteiger partial charge in [-0.15, -0.1) is 0 Å². The molecule has 2 amide bonds. The quantitative estimate of drug-likeness (QED) is 0.852. The highest BCUT2D eigenvalue weighted by Crippen LogP contribution is 2.17. The fourth-order valence-corrected chi connectivity index (χ4v) is 2.62. The Labute approximate surface area is 125 Å². The molecule has 1 unspecified atom stereocenters. The molecule has 0 aliphatic carbocycles. The van der Waals surface area contributed by atoms with Gasteiger partial charge in [0.1, 0.15) is 0 Å². The van der Waals surface area contributed by atoms with Crippen LogP contribution in [0.5, 0.6) is 0 Å². The van der Waals surface area contributed by atoms with Gasteiger partial charge in [-0.2, -0.15) is 0 Å². The van der Waals surface area contributed by atoms with Crippen LogP contribution >= 0.6 is 0 Å². The van der Waals surface area contributed by atoms with Gasteiger partial charge >= 0.3 is 0 Å². The first-order chi connectivity index (χ1) is 9.99. The van der Waals surface area contributed by atoms with Crippen molar-refractivity contribution in [3.63, 3.8) is 0 Å². The summed E-state index contributed by atoms with van der Waals surface area (Å²) >= 11 is 0. The molecule has 1 aromatic carbocycles. The zero-order valence-electron chi connectivity index (χ0n) is 12.6. The summed E-state index contributed by atoms with van der Waals surface area (Å²) in [6.07, 6.45) is 0.850. The number of primary amides is 1. The first-order valence-corrected chi connectivity index (χ1v) is 7.39. The highest BCUT2D eigenvalue weighted by Gasteiger charge is 2.28. The standard InChI is InChI=1S/C16H23N3O2/c1-11(2)12-3-5-13(6-4-12)16(21)19(10-15(17)20)14-7-8-18-9-14/h3-6,11,14,18H,7-10H2,1-2H3,(H2,17,20).